The summed E-state index contributed by atoms with van der Waals surface area (Å²) >= 11 is 0. The predicted molar refractivity (Wildman–Crippen MR) is 72.4 cm³/mol. The number of carbonyl (C=O) groups is 2. The second-order valence-corrected chi connectivity index (χ2v) is 4.91. The molecule has 1 aliphatic rings. The summed E-state index contributed by atoms with van der Waals surface area (Å²) < 4.78 is 0. The molecule has 1 heterocycles. The number of carboxylic acids is 1. The highest BCUT2D eigenvalue weighted by molar-refractivity contribution is 6.04. The highest BCUT2D eigenvalue weighted by Crippen LogP contribution is 2.23. The van der Waals surface area contributed by atoms with Gasteiger partial charge in [-0.25, -0.2) is 4.79 Å². The van der Waals surface area contributed by atoms with E-state index in [0.29, 0.717) is 5.56 Å². The standard InChI is InChI=1S/C15H19NO3/c1-2-11-7-5-6-10-16(11)14(17)12-8-3-4-9-13(12)15(18)19/h3-4,8-9,11H,2,5-7,10H2,1H3,(H,18,19)/t11-/m1/s1. The highest BCUT2D eigenvalue weighted by Gasteiger charge is 2.28. The summed E-state index contributed by atoms with van der Waals surface area (Å²) in [6.45, 7) is 2.80. The molecule has 4 heteroatoms. The molecule has 1 amide bonds. The first kappa shape index (κ1) is 13.6. The number of carboxylic acid groups (broad SMARTS) is 1. The summed E-state index contributed by atoms with van der Waals surface area (Å²) in [7, 11) is 0. The maximum Gasteiger partial charge on any atom is 0.336 e. The normalized spacial score (nSPS) is 19.2. The molecule has 19 heavy (non-hydrogen) atoms. The lowest BCUT2D eigenvalue weighted by atomic mass is 9.97. The molecule has 0 saturated carbocycles. The summed E-state index contributed by atoms with van der Waals surface area (Å²) in [5, 5.41) is 9.17. The largest absolute Gasteiger partial charge is 0.478 e. The lowest BCUT2D eigenvalue weighted by molar-refractivity contribution is 0.0591. The smallest absolute Gasteiger partial charge is 0.336 e. The van der Waals surface area contributed by atoms with E-state index in [0.717, 1.165) is 32.2 Å². The van der Waals surface area contributed by atoms with Crippen LogP contribution in [0.25, 0.3) is 0 Å². The number of aromatic carboxylic acids is 1. The van der Waals surface area contributed by atoms with Crippen molar-refractivity contribution in [2.24, 2.45) is 0 Å². The number of nitrogens with zero attached hydrogens (tertiary/aromatic N) is 1. The van der Waals surface area contributed by atoms with Crippen LogP contribution in [-0.4, -0.2) is 34.5 Å². The van der Waals surface area contributed by atoms with E-state index in [-0.39, 0.29) is 17.5 Å². The van der Waals surface area contributed by atoms with Gasteiger partial charge in [0.05, 0.1) is 11.1 Å². The molecule has 0 bridgehead atoms. The average Bonchev–Trinajstić information content (AvgIpc) is 2.46. The Bertz CT molecular complexity index is 484. The molecule has 102 valence electrons. The third kappa shape index (κ3) is 2.78. The minimum absolute atomic E-state index is 0.0907. The molecule has 0 radical (unpaired) electrons. The Morgan fingerprint density at radius 2 is 1.95 bits per heavy atom. The molecule has 0 aromatic heterocycles. The van der Waals surface area contributed by atoms with Gasteiger partial charge < -0.3 is 10.0 Å². The fourth-order valence-electron chi connectivity index (χ4n) is 2.70. The van der Waals surface area contributed by atoms with E-state index in [2.05, 4.69) is 6.92 Å². The Morgan fingerprint density at radius 1 is 1.26 bits per heavy atom. The number of rotatable bonds is 3. The number of hydrogen-bond acceptors (Lipinski definition) is 2. The van der Waals surface area contributed by atoms with Crippen LogP contribution in [0.3, 0.4) is 0 Å². The van der Waals surface area contributed by atoms with E-state index < -0.39 is 5.97 Å². The molecule has 0 unspecified atom stereocenters. The number of hydrogen-bond donors (Lipinski definition) is 1. The monoisotopic (exact) mass is 261 g/mol. The van der Waals surface area contributed by atoms with Crippen LogP contribution in [-0.2, 0) is 0 Å². The molecule has 0 spiro atoms. The van der Waals surface area contributed by atoms with Crippen LogP contribution in [0, 0.1) is 0 Å². The molecule has 4 nitrogen and oxygen atoms in total. The third-order valence-corrected chi connectivity index (χ3v) is 3.75. The maximum atomic E-state index is 12.6. The van der Waals surface area contributed by atoms with Crippen LogP contribution in [0.1, 0.15) is 53.3 Å². The average molecular weight is 261 g/mol. The molecule has 1 aliphatic heterocycles. The number of benzene rings is 1. The van der Waals surface area contributed by atoms with Gasteiger partial charge in [-0.2, -0.15) is 0 Å². The molecule has 1 aromatic rings. The Morgan fingerprint density at radius 3 is 2.58 bits per heavy atom. The van der Waals surface area contributed by atoms with Crippen LogP contribution in [0.15, 0.2) is 24.3 Å². The Labute approximate surface area is 113 Å². The molecule has 1 aromatic carbocycles. The van der Waals surface area contributed by atoms with Crippen molar-refractivity contribution in [2.75, 3.05) is 6.54 Å². The van der Waals surface area contributed by atoms with Crippen molar-refractivity contribution in [3.05, 3.63) is 35.4 Å². The summed E-state index contributed by atoms with van der Waals surface area (Å²) in [5.74, 6) is -1.20. The van der Waals surface area contributed by atoms with Crippen LogP contribution >= 0.6 is 0 Å². The Hall–Kier alpha value is -1.84. The van der Waals surface area contributed by atoms with E-state index in [1.54, 1.807) is 18.2 Å². The quantitative estimate of drug-likeness (QED) is 0.910. The molecular weight excluding hydrogens is 242 g/mol. The first-order valence-corrected chi connectivity index (χ1v) is 6.78. The summed E-state index contributed by atoms with van der Waals surface area (Å²) in [6.07, 6.45) is 4.07. The van der Waals surface area contributed by atoms with Gasteiger partial charge in [0.1, 0.15) is 0 Å². The highest BCUT2D eigenvalue weighted by atomic mass is 16.4. The zero-order valence-electron chi connectivity index (χ0n) is 11.1. The lowest BCUT2D eigenvalue weighted by Gasteiger charge is -2.35. The number of likely N-dealkylation sites (tertiary alicyclic amines) is 1. The van der Waals surface area contributed by atoms with Gasteiger partial charge >= 0.3 is 5.97 Å². The Balaban J connectivity index is 2.30. The van der Waals surface area contributed by atoms with Crippen molar-refractivity contribution in [2.45, 2.75) is 38.6 Å². The van der Waals surface area contributed by atoms with Gasteiger partial charge in [0.25, 0.3) is 5.91 Å². The van der Waals surface area contributed by atoms with Crippen molar-refractivity contribution in [3.63, 3.8) is 0 Å². The van der Waals surface area contributed by atoms with Crippen LogP contribution < -0.4 is 0 Å². The van der Waals surface area contributed by atoms with E-state index in [9.17, 15) is 9.59 Å². The fourth-order valence-corrected chi connectivity index (χ4v) is 2.70. The molecule has 1 saturated heterocycles. The zero-order chi connectivity index (χ0) is 13.8. The lowest BCUT2D eigenvalue weighted by Crippen LogP contribution is -2.43. The van der Waals surface area contributed by atoms with E-state index >= 15 is 0 Å². The number of amides is 1. The first-order valence-electron chi connectivity index (χ1n) is 6.78. The van der Waals surface area contributed by atoms with Crippen LogP contribution in [0.2, 0.25) is 0 Å². The maximum absolute atomic E-state index is 12.6. The second-order valence-electron chi connectivity index (χ2n) is 4.91. The van der Waals surface area contributed by atoms with Gasteiger partial charge in [-0.15, -0.1) is 0 Å². The molecule has 2 rings (SSSR count). The van der Waals surface area contributed by atoms with Crippen LogP contribution in [0.5, 0.6) is 0 Å². The van der Waals surface area contributed by atoms with Gasteiger partial charge in [-0.3, -0.25) is 4.79 Å². The topological polar surface area (TPSA) is 57.6 Å². The Kier molecular flexibility index (Phi) is 4.20. The third-order valence-electron chi connectivity index (χ3n) is 3.75. The molecule has 1 N–H and O–H groups in total. The molecule has 0 aliphatic carbocycles. The second kappa shape index (κ2) is 5.87. The van der Waals surface area contributed by atoms with Gasteiger partial charge in [0, 0.05) is 12.6 Å². The van der Waals surface area contributed by atoms with E-state index in [4.69, 9.17) is 5.11 Å². The fraction of sp³-hybridized carbons (Fsp3) is 0.467. The minimum Gasteiger partial charge on any atom is -0.478 e. The number of carbonyl (C=O) groups excluding carboxylic acids is 1. The molecule has 1 fully saturated rings. The summed E-state index contributed by atoms with van der Waals surface area (Å²) in [4.78, 5) is 25.6. The minimum atomic E-state index is -1.05. The SMILES string of the molecule is CC[C@@H]1CCCCN1C(=O)c1ccccc1C(=O)O. The van der Waals surface area contributed by atoms with E-state index in [1.165, 1.54) is 6.07 Å². The van der Waals surface area contributed by atoms with Crippen molar-refractivity contribution in [3.8, 4) is 0 Å². The summed E-state index contributed by atoms with van der Waals surface area (Å²) in [6, 6.07) is 6.69. The van der Waals surface area contributed by atoms with E-state index in [1.807, 2.05) is 4.90 Å². The van der Waals surface area contributed by atoms with Crippen molar-refractivity contribution < 1.29 is 14.7 Å². The number of piperidine rings is 1. The predicted octanol–water partition coefficient (Wildman–Crippen LogP) is 2.79. The van der Waals surface area contributed by atoms with Gasteiger partial charge in [0.15, 0.2) is 0 Å². The van der Waals surface area contributed by atoms with Crippen molar-refractivity contribution in [1.29, 1.82) is 0 Å². The van der Waals surface area contributed by atoms with Crippen molar-refractivity contribution in [1.82, 2.24) is 4.90 Å². The molecular formula is C15H19NO3. The molecule has 1 atom stereocenters. The van der Waals surface area contributed by atoms with Crippen LogP contribution in [0.4, 0.5) is 0 Å². The first-order chi connectivity index (χ1) is 9.15. The van der Waals surface area contributed by atoms with Crippen molar-refractivity contribution >= 4 is 11.9 Å². The van der Waals surface area contributed by atoms with Gasteiger partial charge in [-0.1, -0.05) is 19.1 Å². The zero-order valence-corrected chi connectivity index (χ0v) is 11.1. The van der Waals surface area contributed by atoms with Gasteiger partial charge in [-0.05, 0) is 37.8 Å². The van der Waals surface area contributed by atoms with Gasteiger partial charge in [0.2, 0.25) is 0 Å². The summed E-state index contributed by atoms with van der Waals surface area (Å²) in [5.41, 5.74) is 0.392.